The van der Waals surface area contributed by atoms with Gasteiger partial charge in [-0.05, 0) is 6.92 Å². The monoisotopic (exact) mass is 224 g/mol. The molecule has 0 saturated heterocycles. The lowest BCUT2D eigenvalue weighted by Crippen LogP contribution is -1.89. The average molecular weight is 224 g/mol. The Kier molecular flexibility index (Phi) is 31.3. The van der Waals surface area contributed by atoms with Gasteiger partial charge in [-0.25, -0.2) is 0 Å². The van der Waals surface area contributed by atoms with Crippen LogP contribution in [0, 0.1) is 0 Å². The molecule has 7 N–H and O–H groups in total. The lowest BCUT2D eigenvalue weighted by atomic mass is 10.8. The molecule has 13 heavy (non-hydrogen) atoms. The van der Waals surface area contributed by atoms with Crippen LogP contribution in [0.3, 0.4) is 0 Å². The molecule has 0 spiro atoms. The van der Waals surface area contributed by atoms with E-state index in [-0.39, 0.29) is 25.3 Å². The highest BCUT2D eigenvalue weighted by molar-refractivity contribution is 7.79. The molecule has 9 heteroatoms. The zero-order chi connectivity index (χ0) is 10.6. The van der Waals surface area contributed by atoms with E-state index in [1.807, 2.05) is 0 Å². The van der Waals surface area contributed by atoms with Crippen molar-refractivity contribution >= 4 is 10.4 Å². The van der Waals surface area contributed by atoms with Crippen molar-refractivity contribution in [1.29, 1.82) is 0 Å². The minimum Gasteiger partial charge on any atom is -0.412 e. The standard InChI is InChI=1S/C2H6O2.C2H6O.H2O4S.H2O/c3-1-2-4;1-2-3;1-5(2,3)4;/h3-4H,1-2H2;3H,2H2,1H3;(H2,1,2,3,4);1H2. The van der Waals surface area contributed by atoms with Crippen molar-refractivity contribution in [1.82, 2.24) is 0 Å². The smallest absolute Gasteiger partial charge is 0.394 e. The molecule has 0 radical (unpaired) electrons. The second-order valence-corrected chi connectivity index (χ2v) is 2.11. The fraction of sp³-hybridized carbons (Fsp3) is 1.00. The maximum absolute atomic E-state index is 8.74. The third-order valence-electron chi connectivity index (χ3n) is 0.1000. The molecule has 0 rings (SSSR count). The Bertz CT molecular complexity index is 130. The van der Waals surface area contributed by atoms with Gasteiger partial charge in [0.1, 0.15) is 0 Å². The van der Waals surface area contributed by atoms with E-state index < -0.39 is 10.4 Å². The van der Waals surface area contributed by atoms with Crippen LogP contribution in [-0.2, 0) is 10.4 Å². The SMILES string of the molecule is CCO.O.O=S(=O)(O)O.OCCO. The highest BCUT2D eigenvalue weighted by Crippen LogP contribution is 1.59. The van der Waals surface area contributed by atoms with Crippen LogP contribution in [0.1, 0.15) is 6.92 Å². The second kappa shape index (κ2) is 17.7. The number of rotatable bonds is 1. The summed E-state index contributed by atoms with van der Waals surface area (Å²) in [7, 11) is -4.67. The number of hydrogen-bond donors (Lipinski definition) is 5. The van der Waals surface area contributed by atoms with E-state index in [0.29, 0.717) is 0 Å². The maximum Gasteiger partial charge on any atom is 0.394 e. The van der Waals surface area contributed by atoms with Crippen LogP contribution in [0.4, 0.5) is 0 Å². The van der Waals surface area contributed by atoms with Gasteiger partial charge in [-0.15, -0.1) is 0 Å². The van der Waals surface area contributed by atoms with Gasteiger partial charge in [0.15, 0.2) is 0 Å². The predicted molar refractivity (Wildman–Crippen MR) is 44.7 cm³/mol. The lowest BCUT2D eigenvalue weighted by Gasteiger charge is -1.70. The highest BCUT2D eigenvalue weighted by Gasteiger charge is 1.84. The van der Waals surface area contributed by atoms with Crippen molar-refractivity contribution in [3.8, 4) is 0 Å². The van der Waals surface area contributed by atoms with Crippen molar-refractivity contribution in [3.05, 3.63) is 0 Å². The number of hydrogen-bond acceptors (Lipinski definition) is 5. The van der Waals surface area contributed by atoms with Crippen LogP contribution < -0.4 is 0 Å². The van der Waals surface area contributed by atoms with Gasteiger partial charge in [-0.3, -0.25) is 9.11 Å². The summed E-state index contributed by atoms with van der Waals surface area (Å²) in [5.41, 5.74) is 0. The molecule has 0 bridgehead atoms. The van der Waals surface area contributed by atoms with Gasteiger partial charge in [0.05, 0.1) is 13.2 Å². The zero-order valence-electron chi connectivity index (χ0n) is 7.08. The van der Waals surface area contributed by atoms with Gasteiger partial charge in [0.25, 0.3) is 0 Å². The minimum absolute atomic E-state index is 0. The average Bonchev–Trinajstić information content (AvgIpc) is 1.85. The molecule has 0 aromatic carbocycles. The van der Waals surface area contributed by atoms with Crippen molar-refractivity contribution in [2.24, 2.45) is 0 Å². The Balaban J connectivity index is -0.0000000465. The van der Waals surface area contributed by atoms with E-state index >= 15 is 0 Å². The molecule has 0 aromatic rings. The Morgan fingerprint density at radius 2 is 1.08 bits per heavy atom. The van der Waals surface area contributed by atoms with E-state index in [1.165, 1.54) is 0 Å². The minimum atomic E-state index is -4.67. The molecule has 0 amide bonds. The van der Waals surface area contributed by atoms with Crippen LogP contribution in [0.5, 0.6) is 0 Å². The summed E-state index contributed by atoms with van der Waals surface area (Å²) < 4.78 is 31.6. The summed E-state index contributed by atoms with van der Waals surface area (Å²) >= 11 is 0. The second-order valence-electron chi connectivity index (χ2n) is 1.21. The first kappa shape index (κ1) is 23.0. The lowest BCUT2D eigenvalue weighted by molar-refractivity contribution is 0.186. The normalized spacial score (nSPS) is 8.15. The molecule has 0 heterocycles. The van der Waals surface area contributed by atoms with Gasteiger partial charge in [-0.2, -0.15) is 8.42 Å². The summed E-state index contributed by atoms with van der Waals surface area (Å²) in [5.74, 6) is 0. The Hall–Kier alpha value is -0.290. The third kappa shape index (κ3) is 2190. The van der Waals surface area contributed by atoms with E-state index in [9.17, 15) is 0 Å². The zero-order valence-corrected chi connectivity index (χ0v) is 7.90. The van der Waals surface area contributed by atoms with Crippen molar-refractivity contribution in [2.45, 2.75) is 6.92 Å². The van der Waals surface area contributed by atoms with Gasteiger partial charge in [0, 0.05) is 6.61 Å². The topological polar surface area (TPSA) is 167 Å². The van der Waals surface area contributed by atoms with E-state index in [2.05, 4.69) is 0 Å². The molecule has 0 aliphatic rings. The molecule has 0 fully saturated rings. The van der Waals surface area contributed by atoms with Crippen LogP contribution in [0.2, 0.25) is 0 Å². The summed E-state index contributed by atoms with van der Waals surface area (Å²) in [6.45, 7) is 1.68. The third-order valence-corrected chi connectivity index (χ3v) is 0.1000. The molecular formula is C4H16O8S. The molecule has 0 aliphatic heterocycles. The summed E-state index contributed by atoms with van der Waals surface area (Å²) in [4.78, 5) is 0. The molecule has 0 atom stereocenters. The largest absolute Gasteiger partial charge is 0.412 e. The number of aliphatic hydroxyl groups excluding tert-OH is 3. The van der Waals surface area contributed by atoms with Crippen LogP contribution in [0.15, 0.2) is 0 Å². The molecule has 8 nitrogen and oxygen atoms in total. The van der Waals surface area contributed by atoms with Crippen molar-refractivity contribution in [2.75, 3.05) is 19.8 Å². The quantitative estimate of drug-likeness (QED) is 0.306. The predicted octanol–water partition coefficient (Wildman–Crippen LogP) is -2.51. The summed E-state index contributed by atoms with van der Waals surface area (Å²) in [5, 5.41) is 22.8. The summed E-state index contributed by atoms with van der Waals surface area (Å²) in [6, 6.07) is 0. The molecular weight excluding hydrogens is 208 g/mol. The van der Waals surface area contributed by atoms with Gasteiger partial charge in [-0.1, -0.05) is 0 Å². The van der Waals surface area contributed by atoms with Crippen LogP contribution in [0.25, 0.3) is 0 Å². The first-order valence-corrected chi connectivity index (χ1v) is 4.25. The Morgan fingerprint density at radius 3 is 1.08 bits per heavy atom. The molecule has 86 valence electrons. The number of aliphatic hydroxyl groups is 3. The fourth-order valence-electron chi connectivity index (χ4n) is 0. The Labute approximate surface area is 76.3 Å². The van der Waals surface area contributed by atoms with E-state index in [4.69, 9.17) is 32.8 Å². The van der Waals surface area contributed by atoms with E-state index in [0.717, 1.165) is 0 Å². The fourth-order valence-corrected chi connectivity index (χ4v) is 0. The van der Waals surface area contributed by atoms with Gasteiger partial charge < -0.3 is 20.8 Å². The van der Waals surface area contributed by atoms with E-state index in [1.54, 1.807) is 6.92 Å². The van der Waals surface area contributed by atoms with Crippen LogP contribution >= 0.6 is 0 Å². The first-order chi connectivity index (χ1) is 5.33. The highest BCUT2D eigenvalue weighted by atomic mass is 32.3. The van der Waals surface area contributed by atoms with Gasteiger partial charge >= 0.3 is 10.4 Å². The van der Waals surface area contributed by atoms with Crippen LogP contribution in [-0.4, -0.2) is 58.1 Å². The summed E-state index contributed by atoms with van der Waals surface area (Å²) in [6.07, 6.45) is 0. The maximum atomic E-state index is 8.74. The molecule has 0 saturated carbocycles. The first-order valence-electron chi connectivity index (χ1n) is 2.85. The Morgan fingerprint density at radius 1 is 1.00 bits per heavy atom. The van der Waals surface area contributed by atoms with Gasteiger partial charge in [0.2, 0.25) is 0 Å². The molecule has 0 unspecified atom stereocenters. The molecule has 0 aromatic heterocycles. The molecule has 0 aliphatic carbocycles. The van der Waals surface area contributed by atoms with Crippen molar-refractivity contribution < 1.29 is 38.3 Å². The van der Waals surface area contributed by atoms with Crippen molar-refractivity contribution in [3.63, 3.8) is 0 Å².